The molecule has 0 fully saturated rings. The molecule has 0 bridgehead atoms. The molecule has 0 spiro atoms. The van der Waals surface area contributed by atoms with Crippen LogP contribution in [-0.4, -0.2) is 44.9 Å². The number of carbonyl (C=O) groups is 2. The molecule has 0 aromatic carbocycles. The fourth-order valence-electron chi connectivity index (χ4n) is 0.517. The molecular formula is C10H24N2O2Si. The van der Waals surface area contributed by atoms with Crippen molar-refractivity contribution in [2.24, 2.45) is 0 Å². The molecule has 0 saturated carbocycles. The monoisotopic (exact) mass is 232 g/mol. The van der Waals surface area contributed by atoms with Crippen LogP contribution in [0.3, 0.4) is 0 Å². The summed E-state index contributed by atoms with van der Waals surface area (Å²) in [6, 6.07) is 0. The van der Waals surface area contributed by atoms with E-state index in [4.69, 9.17) is 0 Å². The molecule has 90 valence electrons. The van der Waals surface area contributed by atoms with Gasteiger partial charge in [-0.15, -0.1) is 0 Å². The zero-order chi connectivity index (χ0) is 12.4. The molecule has 0 heterocycles. The summed E-state index contributed by atoms with van der Waals surface area (Å²) in [6.07, 6.45) is 2.64. The van der Waals surface area contributed by atoms with Gasteiger partial charge in [0.2, 0.25) is 21.7 Å². The quantitative estimate of drug-likeness (QED) is 0.674. The number of unbranched alkanes of at least 4 members (excludes halogenated alkanes) is 1. The van der Waals surface area contributed by atoms with Crippen molar-refractivity contribution in [3.63, 3.8) is 0 Å². The van der Waals surface area contributed by atoms with Gasteiger partial charge in [0.1, 0.15) is 0 Å². The highest BCUT2D eigenvalue weighted by Crippen LogP contribution is 1.85. The van der Waals surface area contributed by atoms with E-state index in [1.165, 1.54) is 26.7 Å². The number of carbonyl (C=O) groups excluding carboxylic acids is 2. The molecular weight excluding hydrogens is 208 g/mol. The first-order chi connectivity index (χ1) is 6.86. The van der Waals surface area contributed by atoms with Crippen LogP contribution in [0.25, 0.3) is 0 Å². The second-order valence-corrected chi connectivity index (χ2v) is 5.76. The molecule has 0 aliphatic rings. The fourth-order valence-corrected chi connectivity index (χ4v) is 1.55. The highest BCUT2D eigenvalue weighted by molar-refractivity contribution is 6.37. The zero-order valence-corrected chi connectivity index (χ0v) is 12.2. The van der Waals surface area contributed by atoms with Gasteiger partial charge >= 0.3 is 0 Å². The standard InChI is InChI=1S/C6H14N2O2Si.C4H10/c1-5(9)7(3)11-8(4)6(2)10;1-3-4-2/h11H2,1-4H3;3-4H2,1-2H3. The Balaban J connectivity index is 0. The van der Waals surface area contributed by atoms with E-state index in [0.29, 0.717) is 0 Å². The maximum absolute atomic E-state index is 10.7. The minimum absolute atomic E-state index is 0.0183. The predicted octanol–water partition coefficient (Wildman–Crippen LogP) is 0.748. The third-order valence-electron chi connectivity index (χ3n) is 2.00. The van der Waals surface area contributed by atoms with Crippen molar-refractivity contribution in [1.82, 2.24) is 9.13 Å². The number of rotatable bonds is 3. The van der Waals surface area contributed by atoms with E-state index in [1.54, 1.807) is 23.2 Å². The Morgan fingerprint density at radius 1 is 0.933 bits per heavy atom. The van der Waals surface area contributed by atoms with E-state index in [9.17, 15) is 9.59 Å². The van der Waals surface area contributed by atoms with E-state index in [1.807, 2.05) is 0 Å². The average Bonchev–Trinajstić information content (AvgIpc) is 2.17. The van der Waals surface area contributed by atoms with Crippen molar-refractivity contribution in [3.8, 4) is 0 Å². The van der Waals surface area contributed by atoms with Gasteiger partial charge < -0.3 is 9.13 Å². The number of hydrogen-bond donors (Lipinski definition) is 0. The van der Waals surface area contributed by atoms with E-state index >= 15 is 0 Å². The van der Waals surface area contributed by atoms with Crippen LogP contribution < -0.4 is 0 Å². The average molecular weight is 232 g/mol. The van der Waals surface area contributed by atoms with Crippen LogP contribution in [0, 0.1) is 0 Å². The highest BCUT2D eigenvalue weighted by Gasteiger charge is 2.08. The Hall–Kier alpha value is -0.843. The van der Waals surface area contributed by atoms with Gasteiger partial charge in [-0.1, -0.05) is 26.7 Å². The normalized spacial score (nSPS) is 8.67. The topological polar surface area (TPSA) is 40.6 Å². The maximum Gasteiger partial charge on any atom is 0.235 e. The van der Waals surface area contributed by atoms with Gasteiger partial charge in [-0.3, -0.25) is 9.59 Å². The summed E-state index contributed by atoms with van der Waals surface area (Å²) in [5, 5.41) is 0. The minimum atomic E-state index is -0.867. The Morgan fingerprint density at radius 2 is 1.20 bits per heavy atom. The molecule has 4 nitrogen and oxygen atoms in total. The number of nitrogens with zero attached hydrogens (tertiary/aromatic N) is 2. The summed E-state index contributed by atoms with van der Waals surface area (Å²) in [5.41, 5.74) is 0. The van der Waals surface area contributed by atoms with Crippen LogP contribution in [0.2, 0.25) is 0 Å². The lowest BCUT2D eigenvalue weighted by molar-refractivity contribution is -0.125. The van der Waals surface area contributed by atoms with Crippen LogP contribution in [0.5, 0.6) is 0 Å². The van der Waals surface area contributed by atoms with Crippen LogP contribution in [0.1, 0.15) is 40.5 Å². The molecule has 0 rings (SSSR count). The smallest absolute Gasteiger partial charge is 0.235 e. The molecule has 0 atom stereocenters. The number of hydrogen-bond acceptors (Lipinski definition) is 2. The van der Waals surface area contributed by atoms with Crippen molar-refractivity contribution < 1.29 is 9.59 Å². The van der Waals surface area contributed by atoms with Crippen LogP contribution in [0.15, 0.2) is 0 Å². The first kappa shape index (κ1) is 16.6. The third kappa shape index (κ3) is 11.1. The molecule has 0 aliphatic carbocycles. The fraction of sp³-hybridized carbons (Fsp3) is 0.800. The molecule has 0 radical (unpaired) electrons. The molecule has 15 heavy (non-hydrogen) atoms. The highest BCUT2D eigenvalue weighted by atomic mass is 28.2. The van der Waals surface area contributed by atoms with Crippen molar-refractivity contribution in [3.05, 3.63) is 0 Å². The first-order valence-corrected chi connectivity index (χ1v) is 6.56. The summed E-state index contributed by atoms with van der Waals surface area (Å²) in [6.45, 7) is 7.36. The van der Waals surface area contributed by atoms with Gasteiger partial charge in [0, 0.05) is 27.9 Å². The lowest BCUT2D eigenvalue weighted by Gasteiger charge is -2.21. The van der Waals surface area contributed by atoms with Gasteiger partial charge in [-0.2, -0.15) is 0 Å². The first-order valence-electron chi connectivity index (χ1n) is 5.30. The SMILES string of the molecule is CC(=O)N(C)[SiH2]N(C)C(C)=O.CCCC. The van der Waals surface area contributed by atoms with Crippen molar-refractivity contribution in [2.75, 3.05) is 14.1 Å². The second kappa shape index (κ2) is 9.70. The molecule has 0 unspecified atom stereocenters. The molecule has 5 heteroatoms. The molecule has 2 amide bonds. The van der Waals surface area contributed by atoms with Crippen LogP contribution >= 0.6 is 0 Å². The van der Waals surface area contributed by atoms with Crippen LogP contribution in [0.4, 0.5) is 0 Å². The largest absolute Gasteiger partial charge is 0.359 e. The predicted molar refractivity (Wildman–Crippen MR) is 66.0 cm³/mol. The molecule has 0 aliphatic heterocycles. The van der Waals surface area contributed by atoms with Gasteiger partial charge in [-0.25, -0.2) is 0 Å². The van der Waals surface area contributed by atoms with Gasteiger partial charge in [0.05, 0.1) is 0 Å². The summed E-state index contributed by atoms with van der Waals surface area (Å²) >= 11 is 0. The third-order valence-corrected chi connectivity index (χ3v) is 3.74. The van der Waals surface area contributed by atoms with Gasteiger partial charge in [0.15, 0.2) is 0 Å². The Morgan fingerprint density at radius 3 is 1.33 bits per heavy atom. The van der Waals surface area contributed by atoms with E-state index < -0.39 is 9.84 Å². The molecule has 0 aromatic rings. The lowest BCUT2D eigenvalue weighted by Crippen LogP contribution is -2.41. The van der Waals surface area contributed by atoms with Gasteiger partial charge in [0.25, 0.3) is 0 Å². The van der Waals surface area contributed by atoms with Crippen LogP contribution in [-0.2, 0) is 9.59 Å². The molecule has 0 aromatic heterocycles. The van der Waals surface area contributed by atoms with E-state index in [2.05, 4.69) is 13.8 Å². The minimum Gasteiger partial charge on any atom is -0.359 e. The second-order valence-electron chi connectivity index (χ2n) is 3.58. The van der Waals surface area contributed by atoms with Crippen molar-refractivity contribution in [2.45, 2.75) is 40.5 Å². The summed E-state index contributed by atoms with van der Waals surface area (Å²) in [5.74, 6) is 0.0366. The molecule has 0 N–H and O–H groups in total. The van der Waals surface area contributed by atoms with Crippen molar-refractivity contribution >= 4 is 21.7 Å². The summed E-state index contributed by atoms with van der Waals surface area (Å²) < 4.78 is 3.22. The summed E-state index contributed by atoms with van der Waals surface area (Å²) in [4.78, 5) is 21.4. The summed E-state index contributed by atoms with van der Waals surface area (Å²) in [7, 11) is 2.57. The zero-order valence-electron chi connectivity index (χ0n) is 10.8. The Kier molecular flexibility index (Phi) is 10.7. The van der Waals surface area contributed by atoms with E-state index in [0.717, 1.165) is 0 Å². The van der Waals surface area contributed by atoms with Crippen molar-refractivity contribution in [1.29, 1.82) is 0 Å². The maximum atomic E-state index is 10.7. The van der Waals surface area contributed by atoms with Gasteiger partial charge in [-0.05, 0) is 0 Å². The van der Waals surface area contributed by atoms with E-state index in [-0.39, 0.29) is 11.8 Å². The Bertz CT molecular complexity index is 178. The Labute approximate surface area is 95.6 Å². The number of amides is 2. The molecule has 0 saturated heterocycles. The lowest BCUT2D eigenvalue weighted by atomic mass is 10.4.